The highest BCUT2D eigenvalue weighted by Crippen LogP contribution is 2.24. The van der Waals surface area contributed by atoms with Gasteiger partial charge in [0.2, 0.25) is 5.91 Å². The van der Waals surface area contributed by atoms with E-state index in [0.29, 0.717) is 19.6 Å². The van der Waals surface area contributed by atoms with Gasteiger partial charge in [0.15, 0.2) is 0 Å². The maximum absolute atomic E-state index is 12.1. The molecule has 0 unspecified atom stereocenters. The summed E-state index contributed by atoms with van der Waals surface area (Å²) in [6, 6.07) is 7.88. The first kappa shape index (κ1) is 15.1. The number of rotatable bonds is 4. The Hall–Kier alpha value is -1.76. The normalized spacial score (nSPS) is 18.1. The first-order valence-corrected chi connectivity index (χ1v) is 8.22. The summed E-state index contributed by atoms with van der Waals surface area (Å²) in [5, 5.41) is 9.29. The fourth-order valence-corrected chi connectivity index (χ4v) is 3.06. The largest absolute Gasteiger partial charge is 0.378 e. The molecule has 1 aromatic carbocycles. The molecule has 1 amide bonds. The number of benzene rings is 1. The summed E-state index contributed by atoms with van der Waals surface area (Å²) in [5.74, 6) is -0.00499. The number of ether oxygens (including phenoxy) is 1. The Balaban J connectivity index is 1.63. The van der Waals surface area contributed by atoms with Gasteiger partial charge in [-0.3, -0.25) is 4.79 Å². The van der Waals surface area contributed by atoms with Crippen LogP contribution in [0.25, 0.3) is 11.3 Å². The summed E-state index contributed by atoms with van der Waals surface area (Å²) < 4.78 is 5.36. The minimum atomic E-state index is -0.00499. The van der Waals surface area contributed by atoms with Crippen LogP contribution in [0.1, 0.15) is 11.4 Å². The highest BCUT2D eigenvalue weighted by molar-refractivity contribution is 7.09. The second-order valence-electron chi connectivity index (χ2n) is 5.31. The fourth-order valence-electron chi connectivity index (χ4n) is 2.44. The molecule has 0 bridgehead atoms. The van der Waals surface area contributed by atoms with Gasteiger partial charge in [0.05, 0.1) is 23.9 Å². The van der Waals surface area contributed by atoms with Crippen molar-refractivity contribution in [2.45, 2.75) is 19.4 Å². The maximum atomic E-state index is 12.1. The number of amides is 1. The molecule has 2 heterocycles. The van der Waals surface area contributed by atoms with Crippen molar-refractivity contribution in [3.8, 4) is 11.3 Å². The first-order chi connectivity index (χ1) is 10.7. The van der Waals surface area contributed by atoms with E-state index in [1.165, 1.54) is 0 Å². The van der Waals surface area contributed by atoms with Crippen LogP contribution in [0.4, 0.5) is 5.69 Å². The van der Waals surface area contributed by atoms with E-state index in [0.717, 1.165) is 28.5 Å². The zero-order valence-electron chi connectivity index (χ0n) is 12.5. The molecule has 1 atom stereocenters. The van der Waals surface area contributed by atoms with Crippen LogP contribution in [0.15, 0.2) is 29.6 Å². The number of nitrogens with one attached hydrogen (secondary N) is 2. The van der Waals surface area contributed by atoms with Crippen molar-refractivity contribution >= 4 is 22.9 Å². The Bertz CT molecular complexity index is 650. The van der Waals surface area contributed by atoms with Crippen LogP contribution in [0, 0.1) is 6.92 Å². The molecule has 0 radical (unpaired) electrons. The molecule has 0 saturated carbocycles. The van der Waals surface area contributed by atoms with Crippen molar-refractivity contribution in [3.63, 3.8) is 0 Å². The monoisotopic (exact) mass is 317 g/mol. The lowest BCUT2D eigenvalue weighted by Crippen LogP contribution is -2.43. The van der Waals surface area contributed by atoms with Crippen molar-refractivity contribution < 1.29 is 9.53 Å². The number of hydrogen-bond donors (Lipinski definition) is 2. The molecule has 1 fully saturated rings. The number of aromatic nitrogens is 1. The van der Waals surface area contributed by atoms with E-state index in [1.807, 2.05) is 36.6 Å². The topological polar surface area (TPSA) is 63.2 Å². The zero-order valence-corrected chi connectivity index (χ0v) is 13.3. The molecule has 2 N–H and O–H groups in total. The predicted octanol–water partition coefficient (Wildman–Crippen LogP) is 2.44. The molecular formula is C16H19N3O2S. The van der Waals surface area contributed by atoms with Gasteiger partial charge in [0, 0.05) is 35.6 Å². The molecule has 5 nitrogen and oxygen atoms in total. The van der Waals surface area contributed by atoms with E-state index in [2.05, 4.69) is 15.6 Å². The van der Waals surface area contributed by atoms with Gasteiger partial charge in [-0.05, 0) is 19.1 Å². The third-order valence-electron chi connectivity index (χ3n) is 3.49. The molecular weight excluding hydrogens is 298 g/mol. The molecule has 1 aliphatic rings. The summed E-state index contributed by atoms with van der Waals surface area (Å²) in [6.07, 6.45) is 0.417. The standard InChI is InChI=1S/C16H19N3O2S/c1-11-18-15(10-22-11)12-3-2-4-13(7-12)19-16(20)8-14-9-21-6-5-17-14/h2-4,7,10,14,17H,5-6,8-9H2,1H3,(H,19,20)/t14-/m1/s1. The van der Waals surface area contributed by atoms with Crippen LogP contribution in [-0.4, -0.2) is 36.7 Å². The third kappa shape index (κ3) is 3.91. The Kier molecular flexibility index (Phi) is 4.82. The quantitative estimate of drug-likeness (QED) is 0.909. The van der Waals surface area contributed by atoms with Crippen molar-refractivity contribution in [1.82, 2.24) is 10.3 Å². The van der Waals surface area contributed by atoms with Crippen LogP contribution in [0.5, 0.6) is 0 Å². The second kappa shape index (κ2) is 7.00. The fraction of sp³-hybridized carbons (Fsp3) is 0.375. The number of hydrogen-bond acceptors (Lipinski definition) is 5. The molecule has 1 aliphatic heterocycles. The molecule has 1 aromatic heterocycles. The van der Waals surface area contributed by atoms with E-state index < -0.39 is 0 Å². The Labute approximate surface area is 133 Å². The SMILES string of the molecule is Cc1nc(-c2cccc(NC(=O)C[C@@H]3COCCN3)c2)cs1. The Morgan fingerprint density at radius 1 is 1.55 bits per heavy atom. The summed E-state index contributed by atoms with van der Waals surface area (Å²) in [4.78, 5) is 16.6. The number of anilines is 1. The molecule has 1 saturated heterocycles. The Morgan fingerprint density at radius 2 is 2.45 bits per heavy atom. The maximum Gasteiger partial charge on any atom is 0.226 e. The number of thiazole rings is 1. The summed E-state index contributed by atoms with van der Waals surface area (Å²) in [7, 11) is 0. The van der Waals surface area contributed by atoms with Gasteiger partial charge in [-0.2, -0.15) is 0 Å². The highest BCUT2D eigenvalue weighted by atomic mass is 32.1. The number of carbonyl (C=O) groups is 1. The van der Waals surface area contributed by atoms with Crippen LogP contribution in [0.3, 0.4) is 0 Å². The molecule has 3 rings (SSSR count). The van der Waals surface area contributed by atoms with Crippen molar-refractivity contribution in [3.05, 3.63) is 34.7 Å². The van der Waals surface area contributed by atoms with Crippen LogP contribution in [0.2, 0.25) is 0 Å². The lowest BCUT2D eigenvalue weighted by molar-refractivity contribution is -0.117. The van der Waals surface area contributed by atoms with Crippen molar-refractivity contribution in [2.24, 2.45) is 0 Å². The van der Waals surface area contributed by atoms with Gasteiger partial charge in [0.1, 0.15) is 0 Å². The number of morpholine rings is 1. The van der Waals surface area contributed by atoms with Gasteiger partial charge in [-0.1, -0.05) is 12.1 Å². The van der Waals surface area contributed by atoms with E-state index >= 15 is 0 Å². The van der Waals surface area contributed by atoms with Crippen molar-refractivity contribution in [2.75, 3.05) is 25.1 Å². The highest BCUT2D eigenvalue weighted by Gasteiger charge is 2.17. The van der Waals surface area contributed by atoms with E-state index in [4.69, 9.17) is 4.74 Å². The van der Waals surface area contributed by atoms with Crippen LogP contribution >= 0.6 is 11.3 Å². The average molecular weight is 317 g/mol. The lowest BCUT2D eigenvalue weighted by atomic mass is 10.1. The molecule has 22 heavy (non-hydrogen) atoms. The van der Waals surface area contributed by atoms with Gasteiger partial charge in [-0.25, -0.2) is 4.98 Å². The van der Waals surface area contributed by atoms with Gasteiger partial charge >= 0.3 is 0 Å². The number of aryl methyl sites for hydroxylation is 1. The lowest BCUT2D eigenvalue weighted by Gasteiger charge is -2.23. The minimum absolute atomic E-state index is 0.00499. The average Bonchev–Trinajstić information content (AvgIpc) is 2.95. The van der Waals surface area contributed by atoms with Crippen LogP contribution in [-0.2, 0) is 9.53 Å². The number of nitrogens with zero attached hydrogens (tertiary/aromatic N) is 1. The summed E-state index contributed by atoms with van der Waals surface area (Å²) in [5.41, 5.74) is 2.76. The molecule has 0 spiro atoms. The van der Waals surface area contributed by atoms with Gasteiger partial charge < -0.3 is 15.4 Å². The molecule has 6 heteroatoms. The predicted molar refractivity (Wildman–Crippen MR) is 88.1 cm³/mol. The molecule has 0 aliphatic carbocycles. The molecule has 116 valence electrons. The van der Waals surface area contributed by atoms with Crippen molar-refractivity contribution in [1.29, 1.82) is 0 Å². The number of carbonyl (C=O) groups excluding carboxylic acids is 1. The summed E-state index contributed by atoms with van der Waals surface area (Å²) in [6.45, 7) is 4.09. The van der Waals surface area contributed by atoms with E-state index in [-0.39, 0.29) is 11.9 Å². The van der Waals surface area contributed by atoms with Gasteiger partial charge in [-0.15, -0.1) is 11.3 Å². The Morgan fingerprint density at radius 3 is 3.18 bits per heavy atom. The zero-order chi connectivity index (χ0) is 15.4. The second-order valence-corrected chi connectivity index (χ2v) is 6.37. The molecule has 2 aromatic rings. The van der Waals surface area contributed by atoms with E-state index in [1.54, 1.807) is 11.3 Å². The van der Waals surface area contributed by atoms with Gasteiger partial charge in [0.25, 0.3) is 0 Å². The summed E-state index contributed by atoms with van der Waals surface area (Å²) >= 11 is 1.62. The first-order valence-electron chi connectivity index (χ1n) is 7.34. The third-order valence-corrected chi connectivity index (χ3v) is 4.26. The smallest absolute Gasteiger partial charge is 0.226 e. The van der Waals surface area contributed by atoms with E-state index in [9.17, 15) is 4.79 Å². The van der Waals surface area contributed by atoms with Crippen LogP contribution < -0.4 is 10.6 Å². The minimum Gasteiger partial charge on any atom is -0.378 e.